The maximum absolute atomic E-state index is 11.7. The van der Waals surface area contributed by atoms with E-state index in [1.54, 1.807) is 19.0 Å². The molecule has 2 aliphatic carbocycles. The third-order valence-corrected chi connectivity index (χ3v) is 4.93. The molecule has 2 N–H and O–H groups in total. The lowest BCUT2D eigenvalue weighted by Gasteiger charge is -2.33. The van der Waals surface area contributed by atoms with E-state index in [0.717, 1.165) is 17.8 Å². The zero-order valence-corrected chi connectivity index (χ0v) is 17.3. The summed E-state index contributed by atoms with van der Waals surface area (Å²) in [5, 5.41) is 6.91. The summed E-state index contributed by atoms with van der Waals surface area (Å²) in [5.74, 6) is 2.68. The molecule has 134 valence electrons. The standard InChI is InChI=1S/C17H32N4O.HI/c1-12(2)19-17(18-11-16(22)21(3)4)20-15-9-8-13-6-5-7-14(13)10-15;/h12-15H,5-11H2,1-4H3,(H2,18,19,20);1H. The second-order valence-corrected chi connectivity index (χ2v) is 7.36. The van der Waals surface area contributed by atoms with E-state index in [-0.39, 0.29) is 36.4 Å². The maximum Gasteiger partial charge on any atom is 0.243 e. The van der Waals surface area contributed by atoms with Crippen molar-refractivity contribution in [2.75, 3.05) is 20.6 Å². The Balaban J connectivity index is 0.00000264. The van der Waals surface area contributed by atoms with Gasteiger partial charge in [-0.05, 0) is 44.9 Å². The average molecular weight is 436 g/mol. The highest BCUT2D eigenvalue weighted by Crippen LogP contribution is 2.41. The van der Waals surface area contributed by atoms with E-state index in [1.165, 1.54) is 38.5 Å². The molecule has 3 atom stereocenters. The molecular formula is C17H33IN4O. The number of guanidine groups is 1. The van der Waals surface area contributed by atoms with Crippen molar-refractivity contribution in [3.05, 3.63) is 0 Å². The lowest BCUT2D eigenvalue weighted by Crippen LogP contribution is -2.48. The highest BCUT2D eigenvalue weighted by molar-refractivity contribution is 14.0. The zero-order chi connectivity index (χ0) is 16.1. The second-order valence-electron chi connectivity index (χ2n) is 7.36. The van der Waals surface area contributed by atoms with Crippen LogP contribution in [0.2, 0.25) is 0 Å². The lowest BCUT2D eigenvalue weighted by molar-refractivity contribution is -0.127. The molecule has 1 amide bonds. The molecule has 2 aliphatic rings. The molecule has 0 saturated heterocycles. The molecule has 0 heterocycles. The largest absolute Gasteiger partial charge is 0.354 e. The van der Waals surface area contributed by atoms with Crippen molar-refractivity contribution < 1.29 is 4.79 Å². The highest BCUT2D eigenvalue weighted by Gasteiger charge is 2.34. The Labute approximate surface area is 158 Å². The number of rotatable bonds is 4. The number of amides is 1. The molecule has 3 unspecified atom stereocenters. The van der Waals surface area contributed by atoms with Gasteiger partial charge in [-0.1, -0.05) is 19.3 Å². The Morgan fingerprint density at radius 1 is 1.17 bits per heavy atom. The van der Waals surface area contributed by atoms with Crippen molar-refractivity contribution in [1.82, 2.24) is 15.5 Å². The van der Waals surface area contributed by atoms with Crippen LogP contribution in [0.3, 0.4) is 0 Å². The fraction of sp³-hybridized carbons (Fsp3) is 0.882. The summed E-state index contributed by atoms with van der Waals surface area (Å²) >= 11 is 0. The highest BCUT2D eigenvalue weighted by atomic mass is 127. The molecule has 0 aromatic rings. The smallest absolute Gasteiger partial charge is 0.243 e. The van der Waals surface area contributed by atoms with Crippen LogP contribution >= 0.6 is 24.0 Å². The fourth-order valence-electron chi connectivity index (χ4n) is 3.72. The summed E-state index contributed by atoms with van der Waals surface area (Å²) < 4.78 is 0. The molecule has 23 heavy (non-hydrogen) atoms. The molecule has 0 aromatic carbocycles. The van der Waals surface area contributed by atoms with Gasteiger partial charge in [0.15, 0.2) is 5.96 Å². The molecular weight excluding hydrogens is 403 g/mol. The molecule has 0 radical (unpaired) electrons. The number of hydrogen-bond acceptors (Lipinski definition) is 2. The molecule has 2 fully saturated rings. The lowest BCUT2D eigenvalue weighted by atomic mass is 9.79. The summed E-state index contributed by atoms with van der Waals surface area (Å²) in [7, 11) is 3.53. The van der Waals surface area contributed by atoms with Gasteiger partial charge in [0.25, 0.3) is 0 Å². The van der Waals surface area contributed by atoms with Gasteiger partial charge in [0.2, 0.25) is 5.91 Å². The normalized spacial score (nSPS) is 27.2. The molecule has 2 rings (SSSR count). The third-order valence-electron chi connectivity index (χ3n) is 4.93. The van der Waals surface area contributed by atoms with E-state index in [1.807, 2.05) is 0 Å². The Hall–Kier alpha value is -0.530. The van der Waals surface area contributed by atoms with E-state index < -0.39 is 0 Å². The molecule has 0 bridgehead atoms. The molecule has 0 spiro atoms. The van der Waals surface area contributed by atoms with Gasteiger partial charge in [0, 0.05) is 26.2 Å². The fourth-order valence-corrected chi connectivity index (χ4v) is 3.72. The van der Waals surface area contributed by atoms with Crippen molar-refractivity contribution >= 4 is 35.8 Å². The Morgan fingerprint density at radius 3 is 2.52 bits per heavy atom. The quantitative estimate of drug-likeness (QED) is 0.405. The molecule has 5 nitrogen and oxygen atoms in total. The molecule has 2 saturated carbocycles. The number of aliphatic imine (C=N–C) groups is 1. The third kappa shape index (κ3) is 6.47. The molecule has 0 aliphatic heterocycles. The Kier molecular flexibility index (Phi) is 8.64. The summed E-state index contributed by atoms with van der Waals surface area (Å²) in [6.45, 7) is 4.39. The maximum atomic E-state index is 11.7. The first-order valence-corrected chi connectivity index (χ1v) is 8.73. The van der Waals surface area contributed by atoms with E-state index in [4.69, 9.17) is 0 Å². The average Bonchev–Trinajstić information content (AvgIpc) is 2.91. The van der Waals surface area contributed by atoms with Gasteiger partial charge < -0.3 is 15.5 Å². The topological polar surface area (TPSA) is 56.7 Å². The van der Waals surface area contributed by atoms with Crippen LogP contribution in [0.15, 0.2) is 4.99 Å². The van der Waals surface area contributed by atoms with Crippen molar-refractivity contribution in [3.63, 3.8) is 0 Å². The van der Waals surface area contributed by atoms with Gasteiger partial charge in [-0.25, -0.2) is 4.99 Å². The van der Waals surface area contributed by atoms with Crippen molar-refractivity contribution in [2.45, 2.75) is 64.5 Å². The second kappa shape index (κ2) is 9.69. The summed E-state index contributed by atoms with van der Waals surface area (Å²) in [6.07, 6.45) is 8.05. The number of likely N-dealkylation sites (N-methyl/N-ethyl adjacent to an activating group) is 1. The number of fused-ring (bicyclic) bond motifs is 1. The summed E-state index contributed by atoms with van der Waals surface area (Å²) in [4.78, 5) is 17.8. The predicted molar refractivity (Wildman–Crippen MR) is 106 cm³/mol. The number of carbonyl (C=O) groups excluding carboxylic acids is 1. The van der Waals surface area contributed by atoms with Crippen molar-refractivity contribution in [2.24, 2.45) is 16.8 Å². The number of carbonyl (C=O) groups is 1. The van der Waals surface area contributed by atoms with E-state index in [2.05, 4.69) is 29.5 Å². The van der Waals surface area contributed by atoms with Crippen LogP contribution < -0.4 is 10.6 Å². The van der Waals surface area contributed by atoms with E-state index in [9.17, 15) is 4.79 Å². The van der Waals surface area contributed by atoms with Crippen LogP contribution in [0.1, 0.15) is 52.4 Å². The van der Waals surface area contributed by atoms with Crippen LogP contribution in [0.5, 0.6) is 0 Å². The minimum absolute atomic E-state index is 0. The van der Waals surface area contributed by atoms with Gasteiger partial charge in [-0.3, -0.25) is 4.79 Å². The number of halogens is 1. The Morgan fingerprint density at radius 2 is 1.87 bits per heavy atom. The van der Waals surface area contributed by atoms with Crippen LogP contribution in [0.4, 0.5) is 0 Å². The van der Waals surface area contributed by atoms with Crippen LogP contribution in [-0.4, -0.2) is 49.5 Å². The van der Waals surface area contributed by atoms with Crippen LogP contribution in [0.25, 0.3) is 0 Å². The monoisotopic (exact) mass is 436 g/mol. The number of hydrogen-bond donors (Lipinski definition) is 2. The first-order valence-electron chi connectivity index (χ1n) is 8.73. The van der Waals surface area contributed by atoms with Gasteiger partial charge >= 0.3 is 0 Å². The first kappa shape index (κ1) is 20.5. The SMILES string of the molecule is CC(C)NC(=NCC(=O)N(C)C)NC1CCC2CCCC2C1.I. The Bertz CT molecular complexity index is 411. The van der Waals surface area contributed by atoms with Crippen LogP contribution in [-0.2, 0) is 4.79 Å². The van der Waals surface area contributed by atoms with Gasteiger partial charge in [0.05, 0.1) is 0 Å². The van der Waals surface area contributed by atoms with Gasteiger partial charge in [-0.15, -0.1) is 24.0 Å². The molecule has 6 heteroatoms. The first-order chi connectivity index (χ1) is 10.5. The van der Waals surface area contributed by atoms with E-state index in [0.29, 0.717) is 12.1 Å². The van der Waals surface area contributed by atoms with Crippen LogP contribution in [0, 0.1) is 11.8 Å². The van der Waals surface area contributed by atoms with Gasteiger partial charge in [0.1, 0.15) is 6.54 Å². The molecule has 0 aromatic heterocycles. The van der Waals surface area contributed by atoms with Crippen molar-refractivity contribution in [1.29, 1.82) is 0 Å². The van der Waals surface area contributed by atoms with Gasteiger partial charge in [-0.2, -0.15) is 0 Å². The summed E-state index contributed by atoms with van der Waals surface area (Å²) in [5.41, 5.74) is 0. The zero-order valence-electron chi connectivity index (χ0n) is 15.0. The number of nitrogens with zero attached hydrogens (tertiary/aromatic N) is 2. The minimum atomic E-state index is 0. The number of nitrogens with one attached hydrogen (secondary N) is 2. The predicted octanol–water partition coefficient (Wildman–Crippen LogP) is 2.61. The van der Waals surface area contributed by atoms with E-state index >= 15 is 0 Å². The minimum Gasteiger partial charge on any atom is -0.354 e. The summed E-state index contributed by atoms with van der Waals surface area (Å²) in [6, 6.07) is 0.808. The van der Waals surface area contributed by atoms with Crippen molar-refractivity contribution in [3.8, 4) is 0 Å².